The van der Waals surface area contributed by atoms with Crippen LogP contribution in [0.1, 0.15) is 38.2 Å². The third-order valence-corrected chi connectivity index (χ3v) is 3.05. The molecule has 1 aromatic carbocycles. The van der Waals surface area contributed by atoms with E-state index >= 15 is 0 Å². The summed E-state index contributed by atoms with van der Waals surface area (Å²) in [6.45, 7) is 2.13. The van der Waals surface area contributed by atoms with Crippen LogP contribution in [0.4, 0.5) is 0 Å². The summed E-state index contributed by atoms with van der Waals surface area (Å²) in [6.07, 6.45) is 4.39. The molecule has 1 saturated carbocycles. The van der Waals surface area contributed by atoms with Gasteiger partial charge >= 0.3 is 0 Å². The van der Waals surface area contributed by atoms with Crippen molar-refractivity contribution in [2.24, 2.45) is 0 Å². The maximum Gasteiger partial charge on any atom is 0.136 e. The van der Waals surface area contributed by atoms with Crippen molar-refractivity contribution >= 4 is 5.78 Å². The molecule has 2 nitrogen and oxygen atoms in total. The molecule has 1 fully saturated rings. The van der Waals surface area contributed by atoms with Gasteiger partial charge in [-0.25, -0.2) is 0 Å². The van der Waals surface area contributed by atoms with E-state index in [-0.39, 0.29) is 6.10 Å². The first kappa shape index (κ1) is 11.2. The van der Waals surface area contributed by atoms with Crippen LogP contribution in [0, 0.1) is 0 Å². The van der Waals surface area contributed by atoms with Crippen molar-refractivity contribution in [3.63, 3.8) is 0 Å². The van der Waals surface area contributed by atoms with E-state index in [2.05, 4.69) is 19.1 Å². The molecular formula is C14H18O2. The smallest absolute Gasteiger partial charge is 0.136 e. The van der Waals surface area contributed by atoms with Crippen LogP contribution >= 0.6 is 0 Å². The number of ketones is 1. The van der Waals surface area contributed by atoms with Gasteiger partial charge in [0, 0.05) is 12.8 Å². The number of hydrogen-bond acceptors (Lipinski definition) is 2. The van der Waals surface area contributed by atoms with Crippen LogP contribution in [0.25, 0.3) is 0 Å². The molecule has 0 aromatic heterocycles. The molecule has 16 heavy (non-hydrogen) atoms. The quantitative estimate of drug-likeness (QED) is 0.779. The third-order valence-electron chi connectivity index (χ3n) is 3.05. The molecule has 0 radical (unpaired) electrons. The van der Waals surface area contributed by atoms with E-state index in [0.29, 0.717) is 12.2 Å². The average molecular weight is 218 g/mol. The van der Waals surface area contributed by atoms with Gasteiger partial charge in [-0.3, -0.25) is 4.79 Å². The fourth-order valence-electron chi connectivity index (χ4n) is 2.12. The second kappa shape index (κ2) is 5.15. The van der Waals surface area contributed by atoms with Crippen LogP contribution in [0.2, 0.25) is 0 Å². The van der Waals surface area contributed by atoms with Gasteiger partial charge in [0.25, 0.3) is 0 Å². The van der Waals surface area contributed by atoms with Crippen molar-refractivity contribution in [3.8, 4) is 5.75 Å². The van der Waals surface area contributed by atoms with Crippen LogP contribution < -0.4 is 4.74 Å². The highest BCUT2D eigenvalue weighted by atomic mass is 16.5. The largest absolute Gasteiger partial charge is 0.490 e. The first-order valence-corrected chi connectivity index (χ1v) is 6.05. The highest BCUT2D eigenvalue weighted by Gasteiger charge is 2.20. The van der Waals surface area contributed by atoms with Gasteiger partial charge in [0.05, 0.1) is 0 Å². The number of carbonyl (C=O) groups excluding carboxylic acids is 1. The molecule has 1 unspecified atom stereocenters. The molecule has 0 saturated heterocycles. The molecule has 1 atom stereocenters. The Hall–Kier alpha value is -1.31. The lowest BCUT2D eigenvalue weighted by Crippen LogP contribution is -2.25. The second-order valence-corrected chi connectivity index (χ2v) is 4.38. The number of carbonyl (C=O) groups is 1. The predicted molar refractivity (Wildman–Crippen MR) is 63.7 cm³/mol. The topological polar surface area (TPSA) is 26.3 Å². The Morgan fingerprint density at radius 3 is 3.06 bits per heavy atom. The zero-order chi connectivity index (χ0) is 11.4. The number of benzene rings is 1. The second-order valence-electron chi connectivity index (χ2n) is 4.38. The Balaban J connectivity index is 1.99. The maximum absolute atomic E-state index is 11.3. The third kappa shape index (κ3) is 2.84. The molecule has 0 bridgehead atoms. The Bertz CT molecular complexity index is 371. The Morgan fingerprint density at radius 2 is 2.31 bits per heavy atom. The fraction of sp³-hybridized carbons (Fsp3) is 0.500. The molecule has 86 valence electrons. The van der Waals surface area contributed by atoms with Crippen LogP contribution in [-0.4, -0.2) is 11.9 Å². The molecule has 1 aliphatic carbocycles. The Morgan fingerprint density at radius 1 is 1.44 bits per heavy atom. The number of rotatable bonds is 3. The summed E-state index contributed by atoms with van der Waals surface area (Å²) in [4.78, 5) is 11.3. The first-order chi connectivity index (χ1) is 7.78. The predicted octanol–water partition coefficient (Wildman–Crippen LogP) is 3.14. The van der Waals surface area contributed by atoms with Crippen molar-refractivity contribution in [1.82, 2.24) is 0 Å². The highest BCUT2D eigenvalue weighted by Crippen LogP contribution is 2.22. The van der Waals surface area contributed by atoms with Gasteiger partial charge in [-0.15, -0.1) is 0 Å². The number of ether oxygens (including phenoxy) is 1. The van der Waals surface area contributed by atoms with Crippen molar-refractivity contribution < 1.29 is 9.53 Å². The van der Waals surface area contributed by atoms with E-state index in [9.17, 15) is 4.79 Å². The van der Waals surface area contributed by atoms with Gasteiger partial charge < -0.3 is 4.74 Å². The van der Waals surface area contributed by atoms with E-state index in [1.54, 1.807) is 0 Å². The molecule has 2 rings (SSSR count). The van der Waals surface area contributed by atoms with E-state index in [4.69, 9.17) is 4.74 Å². The zero-order valence-corrected chi connectivity index (χ0v) is 9.74. The molecule has 0 spiro atoms. The molecule has 0 N–H and O–H groups in total. The van der Waals surface area contributed by atoms with Crippen LogP contribution in [-0.2, 0) is 11.2 Å². The first-order valence-electron chi connectivity index (χ1n) is 6.05. The van der Waals surface area contributed by atoms with E-state index in [1.165, 1.54) is 5.56 Å². The van der Waals surface area contributed by atoms with Crippen molar-refractivity contribution in [2.75, 3.05) is 0 Å². The SMILES string of the molecule is CCc1cccc(OC2CCCC(=O)C2)c1. The summed E-state index contributed by atoms with van der Waals surface area (Å²) in [7, 11) is 0. The summed E-state index contributed by atoms with van der Waals surface area (Å²) in [5.41, 5.74) is 1.28. The fourth-order valence-corrected chi connectivity index (χ4v) is 2.12. The van der Waals surface area contributed by atoms with Crippen molar-refractivity contribution in [3.05, 3.63) is 29.8 Å². The molecule has 1 aliphatic rings. The molecule has 0 aliphatic heterocycles. The number of hydrogen-bond donors (Lipinski definition) is 0. The Labute approximate surface area is 96.6 Å². The summed E-state index contributed by atoms with van der Waals surface area (Å²) >= 11 is 0. The van der Waals surface area contributed by atoms with E-state index in [0.717, 1.165) is 31.4 Å². The number of Topliss-reactive ketones (excluding diaryl/α,β-unsaturated/α-hetero) is 1. The van der Waals surface area contributed by atoms with Crippen molar-refractivity contribution in [1.29, 1.82) is 0 Å². The van der Waals surface area contributed by atoms with E-state index < -0.39 is 0 Å². The average Bonchev–Trinajstić information content (AvgIpc) is 2.29. The van der Waals surface area contributed by atoms with Gasteiger partial charge in [0.2, 0.25) is 0 Å². The molecular weight excluding hydrogens is 200 g/mol. The van der Waals surface area contributed by atoms with Crippen LogP contribution in [0.5, 0.6) is 5.75 Å². The zero-order valence-electron chi connectivity index (χ0n) is 9.74. The standard InChI is InChI=1S/C14H18O2/c1-2-11-5-3-7-13(9-11)16-14-8-4-6-12(15)10-14/h3,5,7,9,14H,2,4,6,8,10H2,1H3. The lowest BCUT2D eigenvalue weighted by atomic mass is 9.96. The molecule has 0 amide bonds. The van der Waals surface area contributed by atoms with Gasteiger partial charge in [0.1, 0.15) is 17.6 Å². The van der Waals surface area contributed by atoms with Crippen LogP contribution in [0.15, 0.2) is 24.3 Å². The van der Waals surface area contributed by atoms with E-state index in [1.807, 2.05) is 12.1 Å². The van der Waals surface area contributed by atoms with Gasteiger partial charge in [-0.2, -0.15) is 0 Å². The summed E-state index contributed by atoms with van der Waals surface area (Å²) in [5, 5.41) is 0. The summed E-state index contributed by atoms with van der Waals surface area (Å²) in [6, 6.07) is 8.15. The molecule has 2 heteroatoms. The normalized spacial score (nSPS) is 20.8. The lowest BCUT2D eigenvalue weighted by molar-refractivity contribution is -0.122. The molecule has 1 aromatic rings. The minimum atomic E-state index is 0.0911. The highest BCUT2D eigenvalue weighted by molar-refractivity contribution is 5.79. The maximum atomic E-state index is 11.3. The monoisotopic (exact) mass is 218 g/mol. The summed E-state index contributed by atoms with van der Waals surface area (Å²) in [5.74, 6) is 1.24. The minimum Gasteiger partial charge on any atom is -0.490 e. The van der Waals surface area contributed by atoms with Crippen molar-refractivity contribution in [2.45, 2.75) is 45.1 Å². The summed E-state index contributed by atoms with van der Waals surface area (Å²) < 4.78 is 5.85. The minimum absolute atomic E-state index is 0.0911. The molecule has 0 heterocycles. The van der Waals surface area contributed by atoms with Gasteiger partial charge in [-0.05, 0) is 37.0 Å². The van der Waals surface area contributed by atoms with Gasteiger partial charge in [0.15, 0.2) is 0 Å². The Kier molecular flexibility index (Phi) is 3.60. The lowest BCUT2D eigenvalue weighted by Gasteiger charge is -2.22. The number of aryl methyl sites for hydroxylation is 1. The van der Waals surface area contributed by atoms with Crippen LogP contribution in [0.3, 0.4) is 0 Å². The van der Waals surface area contributed by atoms with Gasteiger partial charge in [-0.1, -0.05) is 19.1 Å².